The van der Waals surface area contributed by atoms with Gasteiger partial charge in [-0.3, -0.25) is 9.78 Å². The first-order valence-corrected chi connectivity index (χ1v) is 9.24. The number of hydrogen-bond donors (Lipinski definition) is 1. The van der Waals surface area contributed by atoms with Crippen molar-refractivity contribution in [2.75, 3.05) is 5.32 Å². The molecule has 1 N–H and O–H groups in total. The van der Waals surface area contributed by atoms with E-state index in [0.717, 1.165) is 22.0 Å². The summed E-state index contributed by atoms with van der Waals surface area (Å²) in [6, 6.07) is 11.9. The Bertz CT molecular complexity index is 826. The average molecular weight is 351 g/mol. The van der Waals surface area contributed by atoms with Crippen LogP contribution >= 0.6 is 11.3 Å². The summed E-state index contributed by atoms with van der Waals surface area (Å²) in [7, 11) is 0. The van der Waals surface area contributed by atoms with Gasteiger partial charge in [0.2, 0.25) is 5.91 Å². The summed E-state index contributed by atoms with van der Waals surface area (Å²) in [6.07, 6.45) is 4.60. The van der Waals surface area contributed by atoms with Crippen LogP contribution in [0.25, 0.3) is 10.6 Å². The number of anilines is 1. The van der Waals surface area contributed by atoms with Gasteiger partial charge >= 0.3 is 0 Å². The molecule has 0 saturated heterocycles. The number of pyridine rings is 1. The predicted octanol–water partition coefficient (Wildman–Crippen LogP) is 4.90. The van der Waals surface area contributed by atoms with Crippen molar-refractivity contribution in [3.63, 3.8) is 0 Å². The number of nitrogens with zero attached hydrogens (tertiary/aromatic N) is 2. The van der Waals surface area contributed by atoms with E-state index in [1.165, 1.54) is 5.56 Å². The normalized spacial score (nSPS) is 10.8. The fraction of sp³-hybridized carbons (Fsp3) is 0.250. The molecule has 0 radical (unpaired) electrons. The Morgan fingerprint density at radius 2 is 2.00 bits per heavy atom. The van der Waals surface area contributed by atoms with Gasteiger partial charge in [0, 0.05) is 35.4 Å². The molecule has 2 aromatic heterocycles. The lowest BCUT2D eigenvalue weighted by atomic mass is 10.0. The van der Waals surface area contributed by atoms with Crippen molar-refractivity contribution in [1.82, 2.24) is 9.97 Å². The second-order valence-electron chi connectivity index (χ2n) is 6.21. The molecule has 0 fully saturated rings. The summed E-state index contributed by atoms with van der Waals surface area (Å²) in [4.78, 5) is 20.8. The Kier molecular flexibility index (Phi) is 5.56. The maximum Gasteiger partial charge on any atom is 0.224 e. The van der Waals surface area contributed by atoms with E-state index in [1.807, 2.05) is 29.6 Å². The highest BCUT2D eigenvalue weighted by Gasteiger charge is 2.08. The SMILES string of the molecule is CC(C)c1ccc(NC(=O)CCc2csc(-c3cccnc3)n2)cc1. The van der Waals surface area contributed by atoms with E-state index in [9.17, 15) is 4.79 Å². The first-order chi connectivity index (χ1) is 12.1. The fourth-order valence-corrected chi connectivity index (χ4v) is 3.31. The molecule has 1 amide bonds. The summed E-state index contributed by atoms with van der Waals surface area (Å²) in [5.74, 6) is 0.497. The van der Waals surface area contributed by atoms with Gasteiger partial charge in [-0.25, -0.2) is 4.98 Å². The molecule has 128 valence electrons. The Hall–Kier alpha value is -2.53. The first-order valence-electron chi connectivity index (χ1n) is 8.36. The zero-order chi connectivity index (χ0) is 17.6. The van der Waals surface area contributed by atoms with Crippen LogP contribution in [0.1, 0.15) is 37.4 Å². The third kappa shape index (κ3) is 4.73. The number of amides is 1. The van der Waals surface area contributed by atoms with Crippen LogP contribution in [0.5, 0.6) is 0 Å². The number of carbonyl (C=O) groups excluding carboxylic acids is 1. The van der Waals surface area contributed by atoms with Gasteiger partial charge in [-0.15, -0.1) is 11.3 Å². The Balaban J connectivity index is 1.53. The van der Waals surface area contributed by atoms with Gasteiger partial charge in [-0.05, 0) is 42.2 Å². The van der Waals surface area contributed by atoms with Crippen molar-refractivity contribution in [3.05, 3.63) is 65.4 Å². The number of thiazole rings is 1. The van der Waals surface area contributed by atoms with Gasteiger partial charge in [0.15, 0.2) is 0 Å². The van der Waals surface area contributed by atoms with Crippen LogP contribution < -0.4 is 5.32 Å². The Morgan fingerprint density at radius 3 is 2.68 bits per heavy atom. The lowest BCUT2D eigenvalue weighted by molar-refractivity contribution is -0.116. The molecule has 1 aromatic carbocycles. The number of nitrogens with one attached hydrogen (secondary N) is 1. The molecular weight excluding hydrogens is 330 g/mol. The summed E-state index contributed by atoms with van der Waals surface area (Å²) >= 11 is 1.58. The third-order valence-corrected chi connectivity index (χ3v) is 4.87. The number of aromatic nitrogens is 2. The van der Waals surface area contributed by atoms with Crippen molar-refractivity contribution < 1.29 is 4.79 Å². The molecular formula is C20H21N3OS. The molecule has 3 aromatic rings. The lowest BCUT2D eigenvalue weighted by Gasteiger charge is -2.08. The fourth-order valence-electron chi connectivity index (χ4n) is 2.46. The van der Waals surface area contributed by atoms with Crippen molar-refractivity contribution in [1.29, 1.82) is 0 Å². The molecule has 0 bridgehead atoms. The molecule has 5 heteroatoms. The number of rotatable bonds is 6. The highest BCUT2D eigenvalue weighted by atomic mass is 32.1. The van der Waals surface area contributed by atoms with Crippen LogP contribution in [0.4, 0.5) is 5.69 Å². The monoisotopic (exact) mass is 351 g/mol. The average Bonchev–Trinajstić information content (AvgIpc) is 3.10. The zero-order valence-corrected chi connectivity index (χ0v) is 15.2. The van der Waals surface area contributed by atoms with Crippen LogP contribution in [0.15, 0.2) is 54.2 Å². The van der Waals surface area contributed by atoms with Gasteiger partial charge in [0.05, 0.1) is 5.69 Å². The molecule has 0 aliphatic carbocycles. The summed E-state index contributed by atoms with van der Waals surface area (Å²) < 4.78 is 0. The molecule has 0 unspecified atom stereocenters. The minimum absolute atomic E-state index is 0.00762. The molecule has 0 aliphatic heterocycles. The molecule has 4 nitrogen and oxygen atoms in total. The summed E-state index contributed by atoms with van der Waals surface area (Å²) in [6.45, 7) is 4.31. The molecule has 25 heavy (non-hydrogen) atoms. The van der Waals surface area contributed by atoms with E-state index in [4.69, 9.17) is 0 Å². The smallest absolute Gasteiger partial charge is 0.224 e. The van der Waals surface area contributed by atoms with Gasteiger partial charge in [-0.2, -0.15) is 0 Å². The molecule has 0 aliphatic rings. The van der Waals surface area contributed by atoms with Crippen molar-refractivity contribution >= 4 is 22.9 Å². The van der Waals surface area contributed by atoms with E-state index < -0.39 is 0 Å². The largest absolute Gasteiger partial charge is 0.326 e. The standard InChI is InChI=1S/C20H21N3OS/c1-14(2)15-5-7-17(8-6-15)22-19(24)10-9-18-13-25-20(23-18)16-4-3-11-21-12-16/h3-8,11-14H,9-10H2,1-2H3,(H,22,24). The minimum Gasteiger partial charge on any atom is -0.326 e. The van der Waals surface area contributed by atoms with E-state index in [2.05, 4.69) is 41.3 Å². The van der Waals surface area contributed by atoms with Crippen LogP contribution in [0.2, 0.25) is 0 Å². The van der Waals surface area contributed by atoms with E-state index in [1.54, 1.807) is 23.7 Å². The van der Waals surface area contributed by atoms with Crippen LogP contribution in [0, 0.1) is 0 Å². The second kappa shape index (κ2) is 8.03. The molecule has 0 saturated carbocycles. The van der Waals surface area contributed by atoms with E-state index in [0.29, 0.717) is 18.8 Å². The molecule has 0 spiro atoms. The topological polar surface area (TPSA) is 54.9 Å². The van der Waals surface area contributed by atoms with E-state index >= 15 is 0 Å². The van der Waals surface area contributed by atoms with E-state index in [-0.39, 0.29) is 5.91 Å². The van der Waals surface area contributed by atoms with Gasteiger partial charge in [-0.1, -0.05) is 26.0 Å². The third-order valence-electron chi connectivity index (χ3n) is 3.93. The minimum atomic E-state index is 0.00762. The Morgan fingerprint density at radius 1 is 1.20 bits per heavy atom. The van der Waals surface area contributed by atoms with Crippen molar-refractivity contribution in [2.45, 2.75) is 32.6 Å². The molecule has 0 atom stereocenters. The van der Waals surface area contributed by atoms with Crippen molar-refractivity contribution in [2.24, 2.45) is 0 Å². The van der Waals surface area contributed by atoms with Crippen LogP contribution in [-0.2, 0) is 11.2 Å². The highest BCUT2D eigenvalue weighted by molar-refractivity contribution is 7.13. The quantitative estimate of drug-likeness (QED) is 0.687. The molecule has 2 heterocycles. The highest BCUT2D eigenvalue weighted by Crippen LogP contribution is 2.23. The summed E-state index contributed by atoms with van der Waals surface area (Å²) in [5.41, 5.74) is 4.05. The van der Waals surface area contributed by atoms with Crippen LogP contribution in [0.3, 0.4) is 0 Å². The maximum atomic E-state index is 12.1. The molecule has 3 rings (SSSR count). The van der Waals surface area contributed by atoms with Gasteiger partial charge < -0.3 is 5.32 Å². The Labute approximate surface area is 152 Å². The number of aryl methyl sites for hydroxylation is 1. The van der Waals surface area contributed by atoms with Gasteiger partial charge in [0.25, 0.3) is 0 Å². The summed E-state index contributed by atoms with van der Waals surface area (Å²) in [5, 5.41) is 5.89. The van der Waals surface area contributed by atoms with Gasteiger partial charge in [0.1, 0.15) is 5.01 Å². The number of carbonyl (C=O) groups is 1. The second-order valence-corrected chi connectivity index (χ2v) is 7.07. The number of benzene rings is 1. The maximum absolute atomic E-state index is 12.1. The zero-order valence-electron chi connectivity index (χ0n) is 14.4. The number of hydrogen-bond acceptors (Lipinski definition) is 4. The predicted molar refractivity (Wildman–Crippen MR) is 103 cm³/mol. The lowest BCUT2D eigenvalue weighted by Crippen LogP contribution is -2.12. The van der Waals surface area contributed by atoms with Crippen LogP contribution in [-0.4, -0.2) is 15.9 Å². The van der Waals surface area contributed by atoms with Crippen molar-refractivity contribution in [3.8, 4) is 10.6 Å². The first kappa shape index (κ1) is 17.3.